The number of fused-ring (bicyclic) bond motifs is 1. The molecular weight excluding hydrogens is 295 g/mol. The molecule has 20 heavy (non-hydrogen) atoms. The first kappa shape index (κ1) is 13.4. The van der Waals surface area contributed by atoms with Crippen LogP contribution in [-0.4, -0.2) is 9.61 Å². The molecule has 0 aliphatic heterocycles. The number of hydrogen-bond donors (Lipinski definition) is 2. The van der Waals surface area contributed by atoms with E-state index in [0.29, 0.717) is 10.0 Å². The summed E-state index contributed by atoms with van der Waals surface area (Å²) in [6, 6.07) is 10.9. The van der Waals surface area contributed by atoms with Crippen molar-refractivity contribution in [2.75, 3.05) is 0 Å². The molecule has 6 heteroatoms. The van der Waals surface area contributed by atoms with E-state index in [4.69, 9.17) is 29.0 Å². The molecule has 0 saturated heterocycles. The van der Waals surface area contributed by atoms with E-state index in [0.717, 1.165) is 16.6 Å². The average Bonchev–Trinajstić information content (AvgIpc) is 2.88. The second-order valence-electron chi connectivity index (χ2n) is 4.40. The van der Waals surface area contributed by atoms with Gasteiger partial charge in [0.2, 0.25) is 0 Å². The van der Waals surface area contributed by atoms with E-state index in [1.54, 1.807) is 28.9 Å². The Morgan fingerprint density at radius 1 is 1.15 bits per heavy atom. The van der Waals surface area contributed by atoms with Gasteiger partial charge in [0.1, 0.15) is 0 Å². The Balaban J connectivity index is 2.16. The van der Waals surface area contributed by atoms with Gasteiger partial charge in [-0.2, -0.15) is 5.10 Å². The zero-order valence-corrected chi connectivity index (χ0v) is 11.9. The zero-order valence-electron chi connectivity index (χ0n) is 10.4. The molecule has 1 unspecified atom stereocenters. The molecule has 0 aliphatic carbocycles. The van der Waals surface area contributed by atoms with Crippen molar-refractivity contribution in [1.29, 1.82) is 0 Å². The third-order valence-electron chi connectivity index (χ3n) is 3.20. The van der Waals surface area contributed by atoms with Crippen molar-refractivity contribution in [2.45, 2.75) is 6.04 Å². The monoisotopic (exact) mass is 306 g/mol. The lowest BCUT2D eigenvalue weighted by atomic mass is 10.0. The molecule has 2 aromatic heterocycles. The average molecular weight is 307 g/mol. The highest BCUT2D eigenvalue weighted by Gasteiger charge is 2.19. The molecular formula is C14H12Cl2N4. The fourth-order valence-corrected chi connectivity index (χ4v) is 2.67. The van der Waals surface area contributed by atoms with E-state index in [-0.39, 0.29) is 6.04 Å². The number of hydrazine groups is 1. The van der Waals surface area contributed by atoms with E-state index in [1.165, 1.54) is 0 Å². The number of nitrogens with one attached hydrogen (secondary N) is 1. The fraction of sp³-hybridized carbons (Fsp3) is 0.0714. The fourth-order valence-electron chi connectivity index (χ4n) is 2.26. The van der Waals surface area contributed by atoms with Crippen LogP contribution in [-0.2, 0) is 0 Å². The van der Waals surface area contributed by atoms with E-state index in [9.17, 15) is 0 Å². The summed E-state index contributed by atoms with van der Waals surface area (Å²) in [5.41, 5.74) is 5.51. The molecule has 2 heterocycles. The van der Waals surface area contributed by atoms with Crippen molar-refractivity contribution < 1.29 is 0 Å². The predicted molar refractivity (Wildman–Crippen MR) is 80.8 cm³/mol. The van der Waals surface area contributed by atoms with Crippen LogP contribution in [0.25, 0.3) is 5.52 Å². The van der Waals surface area contributed by atoms with Crippen LogP contribution in [0.4, 0.5) is 0 Å². The van der Waals surface area contributed by atoms with Crippen LogP contribution in [0.2, 0.25) is 10.0 Å². The second-order valence-corrected chi connectivity index (χ2v) is 5.24. The van der Waals surface area contributed by atoms with Gasteiger partial charge in [0.25, 0.3) is 0 Å². The number of benzene rings is 1. The van der Waals surface area contributed by atoms with E-state index in [1.807, 2.05) is 24.4 Å². The van der Waals surface area contributed by atoms with Crippen LogP contribution in [0.15, 0.2) is 48.8 Å². The number of pyridine rings is 1. The maximum absolute atomic E-state index is 6.26. The molecule has 0 amide bonds. The van der Waals surface area contributed by atoms with Gasteiger partial charge in [0.15, 0.2) is 0 Å². The van der Waals surface area contributed by atoms with Crippen molar-refractivity contribution in [3.8, 4) is 0 Å². The summed E-state index contributed by atoms with van der Waals surface area (Å²) in [4.78, 5) is 0. The highest BCUT2D eigenvalue weighted by molar-refractivity contribution is 6.33. The Bertz CT molecular complexity index is 754. The molecule has 3 rings (SSSR count). The van der Waals surface area contributed by atoms with Gasteiger partial charge < -0.3 is 0 Å². The quantitative estimate of drug-likeness (QED) is 0.577. The van der Waals surface area contributed by atoms with Crippen molar-refractivity contribution in [3.63, 3.8) is 0 Å². The van der Waals surface area contributed by atoms with Crippen LogP contribution in [0, 0.1) is 0 Å². The van der Waals surface area contributed by atoms with Gasteiger partial charge in [0, 0.05) is 21.8 Å². The molecule has 0 bridgehead atoms. The molecule has 1 aromatic carbocycles. The molecule has 0 saturated carbocycles. The van der Waals surface area contributed by atoms with Gasteiger partial charge in [-0.3, -0.25) is 5.84 Å². The summed E-state index contributed by atoms with van der Waals surface area (Å²) in [7, 11) is 0. The maximum atomic E-state index is 6.26. The molecule has 102 valence electrons. The Hall–Kier alpha value is -1.59. The van der Waals surface area contributed by atoms with Gasteiger partial charge in [-0.1, -0.05) is 29.3 Å². The van der Waals surface area contributed by atoms with Crippen LogP contribution >= 0.6 is 23.2 Å². The van der Waals surface area contributed by atoms with E-state index in [2.05, 4.69) is 10.5 Å². The number of nitrogens with two attached hydrogens (primary N) is 1. The molecule has 0 spiro atoms. The minimum atomic E-state index is -0.277. The van der Waals surface area contributed by atoms with E-state index >= 15 is 0 Å². The minimum Gasteiger partial charge on any atom is -0.271 e. The van der Waals surface area contributed by atoms with Crippen LogP contribution in [0.5, 0.6) is 0 Å². The first-order valence-corrected chi connectivity index (χ1v) is 6.79. The highest BCUT2D eigenvalue weighted by Crippen LogP contribution is 2.31. The number of nitrogens with zero attached hydrogens (tertiary/aromatic N) is 2. The van der Waals surface area contributed by atoms with Crippen molar-refractivity contribution in [1.82, 2.24) is 15.0 Å². The number of hydrogen-bond acceptors (Lipinski definition) is 3. The molecule has 3 N–H and O–H groups in total. The summed E-state index contributed by atoms with van der Waals surface area (Å²) in [6.45, 7) is 0. The number of halogens is 2. The largest absolute Gasteiger partial charge is 0.271 e. The molecule has 1 atom stereocenters. The standard InChI is InChI=1S/C14H12Cl2N4/c15-9-4-5-12(16)10(7-9)14(19-17)11-8-18-20-6-2-1-3-13(11)20/h1-8,14,19H,17H2. The summed E-state index contributed by atoms with van der Waals surface area (Å²) in [5, 5.41) is 5.53. The van der Waals surface area contributed by atoms with Gasteiger partial charge in [-0.05, 0) is 35.9 Å². The zero-order chi connectivity index (χ0) is 14.1. The highest BCUT2D eigenvalue weighted by atomic mass is 35.5. The molecule has 0 aliphatic rings. The normalized spacial score (nSPS) is 12.8. The predicted octanol–water partition coefficient (Wildman–Crippen LogP) is 3.19. The Morgan fingerprint density at radius 2 is 2.00 bits per heavy atom. The van der Waals surface area contributed by atoms with Gasteiger partial charge in [0.05, 0.1) is 17.8 Å². The summed E-state index contributed by atoms with van der Waals surface area (Å²) >= 11 is 12.3. The minimum absolute atomic E-state index is 0.277. The Kier molecular flexibility index (Phi) is 3.63. The number of rotatable bonds is 3. The lowest BCUT2D eigenvalue weighted by Crippen LogP contribution is -2.29. The lowest BCUT2D eigenvalue weighted by Gasteiger charge is -2.17. The topological polar surface area (TPSA) is 55.3 Å². The molecule has 0 radical (unpaired) electrons. The number of aromatic nitrogens is 2. The third kappa shape index (κ3) is 2.27. The smallest absolute Gasteiger partial charge is 0.0761 e. The SMILES string of the molecule is NNC(c1cc(Cl)ccc1Cl)c1cnn2ccccc12. The lowest BCUT2D eigenvalue weighted by molar-refractivity contribution is 0.641. The molecule has 3 aromatic rings. The van der Waals surface area contributed by atoms with Gasteiger partial charge in [-0.15, -0.1) is 0 Å². The van der Waals surface area contributed by atoms with E-state index < -0.39 is 0 Å². The van der Waals surface area contributed by atoms with Crippen LogP contribution in [0.3, 0.4) is 0 Å². The molecule has 4 nitrogen and oxygen atoms in total. The van der Waals surface area contributed by atoms with Gasteiger partial charge >= 0.3 is 0 Å². The first-order valence-electron chi connectivity index (χ1n) is 6.04. The van der Waals surface area contributed by atoms with Crippen molar-refractivity contribution in [3.05, 3.63) is 70.0 Å². The summed E-state index contributed by atoms with van der Waals surface area (Å²) in [5.74, 6) is 5.72. The maximum Gasteiger partial charge on any atom is 0.0761 e. The summed E-state index contributed by atoms with van der Waals surface area (Å²) < 4.78 is 1.79. The van der Waals surface area contributed by atoms with Crippen LogP contribution < -0.4 is 11.3 Å². The Morgan fingerprint density at radius 3 is 2.80 bits per heavy atom. The second kappa shape index (κ2) is 5.42. The molecule has 0 fully saturated rings. The van der Waals surface area contributed by atoms with Crippen molar-refractivity contribution in [2.24, 2.45) is 5.84 Å². The van der Waals surface area contributed by atoms with Gasteiger partial charge in [-0.25, -0.2) is 9.94 Å². The van der Waals surface area contributed by atoms with Crippen LogP contribution in [0.1, 0.15) is 17.2 Å². The van der Waals surface area contributed by atoms with Crippen molar-refractivity contribution >= 4 is 28.7 Å². The Labute approximate surface area is 126 Å². The third-order valence-corrected chi connectivity index (χ3v) is 3.78. The first-order chi connectivity index (χ1) is 9.70. The summed E-state index contributed by atoms with van der Waals surface area (Å²) in [6.07, 6.45) is 3.66.